The SMILES string of the molecule is COc1ccc(CN2c3ccccc3C(N3CCC(C)CC3)=NC2c2ccccc2Cl)cc1. The van der Waals surface area contributed by atoms with Gasteiger partial charge in [-0.1, -0.05) is 61.0 Å². The Hall–Kier alpha value is -2.98. The summed E-state index contributed by atoms with van der Waals surface area (Å²) in [5.41, 5.74) is 4.63. The number of rotatable bonds is 4. The van der Waals surface area contributed by atoms with Crippen LogP contribution >= 0.6 is 11.6 Å². The topological polar surface area (TPSA) is 28.1 Å². The molecule has 0 aliphatic carbocycles. The summed E-state index contributed by atoms with van der Waals surface area (Å²) in [5, 5.41) is 0.747. The molecule has 2 heterocycles. The van der Waals surface area contributed by atoms with E-state index in [1.54, 1.807) is 7.11 Å². The maximum Gasteiger partial charge on any atom is 0.151 e. The highest BCUT2D eigenvalue weighted by Crippen LogP contribution is 2.40. The number of piperidine rings is 1. The van der Waals surface area contributed by atoms with E-state index in [-0.39, 0.29) is 6.17 Å². The fourth-order valence-corrected chi connectivity index (χ4v) is 5.03. The molecular formula is C28H30ClN3O. The first-order valence-electron chi connectivity index (χ1n) is 11.7. The van der Waals surface area contributed by atoms with Gasteiger partial charge in [0.05, 0.1) is 7.11 Å². The van der Waals surface area contributed by atoms with E-state index in [2.05, 4.69) is 59.2 Å². The number of hydrogen-bond acceptors (Lipinski definition) is 4. The van der Waals surface area contributed by atoms with Gasteiger partial charge in [-0.3, -0.25) is 0 Å². The summed E-state index contributed by atoms with van der Waals surface area (Å²) in [4.78, 5) is 10.2. The molecule has 3 aromatic rings. The monoisotopic (exact) mass is 459 g/mol. The number of amidine groups is 1. The Kier molecular flexibility index (Phi) is 6.28. The molecule has 1 atom stereocenters. The molecule has 0 saturated carbocycles. The van der Waals surface area contributed by atoms with Gasteiger partial charge in [-0.15, -0.1) is 0 Å². The predicted molar refractivity (Wildman–Crippen MR) is 136 cm³/mol. The van der Waals surface area contributed by atoms with Gasteiger partial charge in [-0.05, 0) is 54.7 Å². The summed E-state index contributed by atoms with van der Waals surface area (Å²) in [6.07, 6.45) is 2.21. The average Bonchev–Trinajstić information content (AvgIpc) is 2.86. The van der Waals surface area contributed by atoms with E-state index >= 15 is 0 Å². The van der Waals surface area contributed by atoms with Crippen LogP contribution in [0.15, 0.2) is 77.8 Å². The van der Waals surface area contributed by atoms with Gasteiger partial charge in [-0.25, -0.2) is 4.99 Å². The molecule has 0 radical (unpaired) electrons. The van der Waals surface area contributed by atoms with Crippen molar-refractivity contribution in [3.8, 4) is 5.75 Å². The van der Waals surface area contributed by atoms with Crippen LogP contribution in [0.3, 0.4) is 0 Å². The van der Waals surface area contributed by atoms with Crippen LogP contribution in [-0.2, 0) is 6.54 Å². The van der Waals surface area contributed by atoms with Crippen molar-refractivity contribution in [2.75, 3.05) is 25.1 Å². The van der Waals surface area contributed by atoms with E-state index in [0.29, 0.717) is 0 Å². The summed E-state index contributed by atoms with van der Waals surface area (Å²) in [6.45, 7) is 5.16. The first-order chi connectivity index (χ1) is 16.1. The van der Waals surface area contributed by atoms with Crippen LogP contribution in [0.1, 0.15) is 42.6 Å². The highest BCUT2D eigenvalue weighted by atomic mass is 35.5. The maximum atomic E-state index is 6.72. The van der Waals surface area contributed by atoms with Crippen molar-refractivity contribution in [2.45, 2.75) is 32.5 Å². The number of hydrogen-bond donors (Lipinski definition) is 0. The van der Waals surface area contributed by atoms with Gasteiger partial charge in [0, 0.05) is 41.5 Å². The van der Waals surface area contributed by atoms with Crippen LogP contribution in [0, 0.1) is 5.92 Å². The second-order valence-corrected chi connectivity index (χ2v) is 9.42. The molecule has 1 fully saturated rings. The summed E-state index contributed by atoms with van der Waals surface area (Å²) >= 11 is 6.72. The Bertz CT molecular complexity index is 1140. The van der Waals surface area contributed by atoms with E-state index < -0.39 is 0 Å². The number of aliphatic imine (C=N–C) groups is 1. The molecule has 4 nitrogen and oxygen atoms in total. The molecule has 0 bridgehead atoms. The lowest BCUT2D eigenvalue weighted by Gasteiger charge is -2.41. The zero-order valence-corrected chi connectivity index (χ0v) is 20.0. The zero-order valence-electron chi connectivity index (χ0n) is 19.2. The van der Waals surface area contributed by atoms with Crippen molar-refractivity contribution in [3.63, 3.8) is 0 Å². The van der Waals surface area contributed by atoms with E-state index in [4.69, 9.17) is 21.3 Å². The second kappa shape index (κ2) is 9.48. The molecule has 0 spiro atoms. The average molecular weight is 460 g/mol. The van der Waals surface area contributed by atoms with Crippen LogP contribution in [0.4, 0.5) is 5.69 Å². The van der Waals surface area contributed by atoms with Gasteiger partial charge in [-0.2, -0.15) is 0 Å². The van der Waals surface area contributed by atoms with Gasteiger partial charge >= 0.3 is 0 Å². The number of methoxy groups -OCH3 is 1. The molecule has 3 aromatic carbocycles. The summed E-state index contributed by atoms with van der Waals surface area (Å²) in [5.74, 6) is 2.72. The largest absolute Gasteiger partial charge is 0.497 e. The molecule has 0 aromatic heterocycles. The minimum atomic E-state index is -0.190. The highest BCUT2D eigenvalue weighted by molar-refractivity contribution is 6.31. The third kappa shape index (κ3) is 4.45. The van der Waals surface area contributed by atoms with Crippen LogP contribution < -0.4 is 9.64 Å². The van der Waals surface area contributed by atoms with Gasteiger partial charge in [0.1, 0.15) is 11.6 Å². The zero-order chi connectivity index (χ0) is 22.8. The Morgan fingerprint density at radius 1 is 0.939 bits per heavy atom. The fourth-order valence-electron chi connectivity index (χ4n) is 4.79. The molecular weight excluding hydrogens is 430 g/mol. The van der Waals surface area contributed by atoms with E-state index in [9.17, 15) is 0 Å². The van der Waals surface area contributed by atoms with E-state index in [0.717, 1.165) is 47.7 Å². The fraction of sp³-hybridized carbons (Fsp3) is 0.321. The lowest BCUT2D eigenvalue weighted by molar-refractivity contribution is 0.279. The van der Waals surface area contributed by atoms with Crippen molar-refractivity contribution >= 4 is 23.1 Å². The van der Waals surface area contributed by atoms with Crippen molar-refractivity contribution in [3.05, 3.63) is 94.5 Å². The van der Waals surface area contributed by atoms with Gasteiger partial charge in [0.15, 0.2) is 6.17 Å². The molecule has 0 N–H and O–H groups in total. The number of nitrogens with zero attached hydrogens (tertiary/aromatic N) is 3. The molecule has 5 rings (SSSR count). The van der Waals surface area contributed by atoms with Crippen LogP contribution in [0.2, 0.25) is 5.02 Å². The first-order valence-corrected chi connectivity index (χ1v) is 12.1. The summed E-state index contributed by atoms with van der Waals surface area (Å²) in [7, 11) is 1.70. The summed E-state index contributed by atoms with van der Waals surface area (Å²) in [6, 6.07) is 25.0. The lowest BCUT2D eigenvalue weighted by atomic mass is 9.97. The maximum absolute atomic E-state index is 6.72. The van der Waals surface area contributed by atoms with Gasteiger partial charge in [0.25, 0.3) is 0 Å². The van der Waals surface area contributed by atoms with Crippen molar-refractivity contribution in [2.24, 2.45) is 10.9 Å². The minimum absolute atomic E-state index is 0.190. The molecule has 1 saturated heterocycles. The number of para-hydroxylation sites is 1. The first kappa shape index (κ1) is 21.8. The highest BCUT2D eigenvalue weighted by Gasteiger charge is 2.33. The Balaban J connectivity index is 1.59. The third-order valence-electron chi connectivity index (χ3n) is 6.77. The normalized spacial score (nSPS) is 18.6. The number of likely N-dealkylation sites (tertiary alicyclic amines) is 1. The number of benzene rings is 3. The smallest absolute Gasteiger partial charge is 0.151 e. The third-order valence-corrected chi connectivity index (χ3v) is 7.12. The Morgan fingerprint density at radius 2 is 1.64 bits per heavy atom. The van der Waals surface area contributed by atoms with Crippen molar-refractivity contribution in [1.82, 2.24) is 4.90 Å². The molecule has 1 unspecified atom stereocenters. The molecule has 0 amide bonds. The Morgan fingerprint density at radius 3 is 2.36 bits per heavy atom. The van der Waals surface area contributed by atoms with Crippen LogP contribution in [-0.4, -0.2) is 30.9 Å². The molecule has 2 aliphatic heterocycles. The number of fused-ring (bicyclic) bond motifs is 1. The summed E-state index contributed by atoms with van der Waals surface area (Å²) < 4.78 is 5.35. The lowest BCUT2D eigenvalue weighted by Crippen LogP contribution is -2.43. The van der Waals surface area contributed by atoms with E-state index in [1.807, 2.05) is 30.3 Å². The second-order valence-electron chi connectivity index (χ2n) is 9.01. The van der Waals surface area contributed by atoms with Crippen LogP contribution in [0.5, 0.6) is 5.75 Å². The number of anilines is 1. The van der Waals surface area contributed by atoms with E-state index in [1.165, 1.54) is 29.7 Å². The van der Waals surface area contributed by atoms with Gasteiger partial charge < -0.3 is 14.5 Å². The molecule has 5 heteroatoms. The quantitative estimate of drug-likeness (QED) is 0.443. The van der Waals surface area contributed by atoms with Crippen molar-refractivity contribution < 1.29 is 4.74 Å². The number of ether oxygens (including phenoxy) is 1. The van der Waals surface area contributed by atoms with Crippen LogP contribution in [0.25, 0.3) is 0 Å². The van der Waals surface area contributed by atoms with Gasteiger partial charge in [0.2, 0.25) is 0 Å². The Labute approximate surface area is 201 Å². The molecule has 2 aliphatic rings. The minimum Gasteiger partial charge on any atom is -0.497 e. The van der Waals surface area contributed by atoms with Crippen molar-refractivity contribution in [1.29, 1.82) is 0 Å². The molecule has 170 valence electrons. The number of halogens is 1. The predicted octanol–water partition coefficient (Wildman–Crippen LogP) is 6.55. The molecule has 33 heavy (non-hydrogen) atoms. The standard InChI is InChI=1S/C28H30ClN3O/c1-20-15-17-31(18-16-20)27-24-8-4-6-10-26(24)32(19-21-11-13-22(33-2)14-12-21)28(30-27)23-7-3-5-9-25(23)29/h3-14,20,28H,15-19H2,1-2H3.